The summed E-state index contributed by atoms with van der Waals surface area (Å²) in [7, 11) is 0. The Morgan fingerprint density at radius 3 is 1.33 bits per heavy atom. The zero-order valence-electron chi connectivity index (χ0n) is 17.9. The van der Waals surface area contributed by atoms with E-state index in [4.69, 9.17) is 17.2 Å². The third-order valence-corrected chi connectivity index (χ3v) is 5.11. The first-order valence-corrected chi connectivity index (χ1v) is 10.0. The van der Waals surface area contributed by atoms with Crippen LogP contribution in [0.5, 0.6) is 0 Å². The number of carbonyl (C=O) groups excluding carboxylic acids is 4. The molecule has 15 nitrogen and oxygen atoms in total. The number of urea groups is 4. The molecule has 0 bridgehead atoms. The third-order valence-electron chi connectivity index (χ3n) is 5.11. The number of carbonyl (C=O) groups is 4. The maximum absolute atomic E-state index is 12.8. The number of primary amides is 3. The van der Waals surface area contributed by atoms with Crippen molar-refractivity contribution in [2.45, 2.75) is 0 Å². The summed E-state index contributed by atoms with van der Waals surface area (Å²) < 4.78 is 0. The van der Waals surface area contributed by atoms with Crippen molar-refractivity contribution in [3.05, 3.63) is 34.4 Å². The number of benzene rings is 1. The lowest BCUT2D eigenvalue weighted by Gasteiger charge is -2.33. The molecule has 0 aliphatic carbocycles. The molecule has 7 N–H and O–H groups in total. The van der Waals surface area contributed by atoms with Crippen LogP contribution in [0.3, 0.4) is 0 Å². The van der Waals surface area contributed by atoms with Gasteiger partial charge in [0.25, 0.3) is 5.69 Å². The predicted molar refractivity (Wildman–Crippen MR) is 117 cm³/mol. The molecule has 2 rings (SSSR count). The normalized spacial score (nSPS) is 15.8. The van der Waals surface area contributed by atoms with E-state index in [1.165, 1.54) is 43.9 Å². The Labute approximate surface area is 189 Å². The molecule has 1 aromatic carbocycles. The van der Waals surface area contributed by atoms with Gasteiger partial charge in [-0.15, -0.1) is 0 Å². The second-order valence-electron chi connectivity index (χ2n) is 7.20. The highest BCUT2D eigenvalue weighted by molar-refractivity contribution is 5.89. The zero-order valence-corrected chi connectivity index (χ0v) is 17.9. The van der Waals surface area contributed by atoms with Crippen molar-refractivity contribution in [3.8, 4) is 0 Å². The highest BCUT2D eigenvalue weighted by Gasteiger charge is 2.23. The van der Waals surface area contributed by atoms with Gasteiger partial charge >= 0.3 is 24.1 Å². The van der Waals surface area contributed by atoms with Gasteiger partial charge in [-0.1, -0.05) is 0 Å². The lowest BCUT2D eigenvalue weighted by Crippen LogP contribution is -2.53. The van der Waals surface area contributed by atoms with E-state index in [2.05, 4.69) is 5.32 Å². The molecule has 1 aliphatic rings. The molecule has 15 heteroatoms. The van der Waals surface area contributed by atoms with Crippen LogP contribution in [-0.4, -0.2) is 101 Å². The Bertz CT molecular complexity index is 864. The van der Waals surface area contributed by atoms with Crippen LogP contribution in [0.15, 0.2) is 24.3 Å². The van der Waals surface area contributed by atoms with Crippen LogP contribution in [0.2, 0.25) is 0 Å². The minimum atomic E-state index is -0.731. The Morgan fingerprint density at radius 2 is 1.03 bits per heavy atom. The number of anilines is 1. The molecule has 1 fully saturated rings. The second kappa shape index (κ2) is 11.4. The average Bonchev–Trinajstić information content (AvgIpc) is 2.73. The van der Waals surface area contributed by atoms with Crippen molar-refractivity contribution < 1.29 is 24.1 Å². The highest BCUT2D eigenvalue weighted by atomic mass is 16.6. The summed E-state index contributed by atoms with van der Waals surface area (Å²) in [6.07, 6.45) is 0. The fourth-order valence-corrected chi connectivity index (χ4v) is 3.15. The monoisotopic (exact) mass is 465 g/mol. The van der Waals surface area contributed by atoms with Crippen LogP contribution >= 0.6 is 0 Å². The van der Waals surface area contributed by atoms with Crippen LogP contribution in [0.4, 0.5) is 30.6 Å². The lowest BCUT2D eigenvalue weighted by molar-refractivity contribution is -0.384. The van der Waals surface area contributed by atoms with E-state index in [1.54, 1.807) is 0 Å². The molecule has 180 valence electrons. The van der Waals surface area contributed by atoms with E-state index in [0.717, 1.165) is 0 Å². The average molecular weight is 465 g/mol. The van der Waals surface area contributed by atoms with Gasteiger partial charge in [-0.05, 0) is 12.1 Å². The first-order chi connectivity index (χ1) is 15.6. The number of non-ortho nitro benzene ring substituents is 1. The molecule has 8 amide bonds. The number of nitrogens with zero attached hydrogens (tertiary/aromatic N) is 5. The van der Waals surface area contributed by atoms with Gasteiger partial charge in [-0.2, -0.15) is 0 Å². The van der Waals surface area contributed by atoms with E-state index in [1.807, 2.05) is 0 Å². The van der Waals surface area contributed by atoms with Gasteiger partial charge in [0.2, 0.25) is 0 Å². The first kappa shape index (κ1) is 25.0. The number of nitro groups is 1. The zero-order chi connectivity index (χ0) is 24.5. The molecule has 33 heavy (non-hydrogen) atoms. The summed E-state index contributed by atoms with van der Waals surface area (Å²) in [5, 5.41) is 13.4. The smallest absolute Gasteiger partial charge is 0.321 e. The molecule has 0 aromatic heterocycles. The largest absolute Gasteiger partial charge is 0.351 e. The molecule has 0 unspecified atom stereocenters. The summed E-state index contributed by atoms with van der Waals surface area (Å²) in [5.74, 6) is 0. The van der Waals surface area contributed by atoms with Crippen LogP contribution in [-0.2, 0) is 0 Å². The van der Waals surface area contributed by atoms with Crippen molar-refractivity contribution in [2.24, 2.45) is 17.2 Å². The number of hydrogen-bond acceptors (Lipinski definition) is 6. The fourth-order valence-electron chi connectivity index (χ4n) is 3.15. The number of nitrogens with one attached hydrogen (secondary N) is 1. The van der Waals surface area contributed by atoms with Crippen molar-refractivity contribution in [3.63, 3.8) is 0 Å². The van der Waals surface area contributed by atoms with Gasteiger partial charge in [0.15, 0.2) is 0 Å². The van der Waals surface area contributed by atoms with Crippen LogP contribution in [0.1, 0.15) is 0 Å². The number of hydrogen-bond donors (Lipinski definition) is 4. The van der Waals surface area contributed by atoms with E-state index in [-0.39, 0.29) is 58.0 Å². The molecule has 1 saturated heterocycles. The molecule has 0 radical (unpaired) electrons. The molecule has 0 spiro atoms. The Balaban J connectivity index is 2.17. The summed E-state index contributed by atoms with van der Waals surface area (Å²) in [6, 6.07) is 2.54. The highest BCUT2D eigenvalue weighted by Crippen LogP contribution is 2.16. The van der Waals surface area contributed by atoms with E-state index in [0.29, 0.717) is 5.69 Å². The topological polar surface area (TPSA) is 214 Å². The molecular weight excluding hydrogens is 438 g/mol. The van der Waals surface area contributed by atoms with Crippen LogP contribution < -0.4 is 22.5 Å². The molecule has 0 saturated carbocycles. The van der Waals surface area contributed by atoms with Gasteiger partial charge in [0, 0.05) is 70.2 Å². The van der Waals surface area contributed by atoms with Gasteiger partial charge in [-0.3, -0.25) is 10.1 Å². The van der Waals surface area contributed by atoms with Crippen molar-refractivity contribution in [2.75, 3.05) is 57.7 Å². The van der Waals surface area contributed by atoms with Crippen molar-refractivity contribution in [1.29, 1.82) is 0 Å². The fraction of sp³-hybridized carbons (Fsp3) is 0.444. The molecule has 1 aliphatic heterocycles. The van der Waals surface area contributed by atoms with Crippen molar-refractivity contribution in [1.82, 2.24) is 19.6 Å². The predicted octanol–water partition coefficient (Wildman–Crippen LogP) is -0.416. The van der Waals surface area contributed by atoms with E-state index in [9.17, 15) is 29.3 Å². The summed E-state index contributed by atoms with van der Waals surface area (Å²) in [4.78, 5) is 63.6. The lowest BCUT2D eigenvalue weighted by atomic mass is 10.3. The standard InChI is InChI=1S/C18H27N9O6/c19-15(28)23-5-7-24(16(20)29)9-11-26(12-10-25(8-6-23)17(21)30)18(31)22-13-1-3-14(4-2-13)27(32)33/h1-4H,5-12H2,(H2,19,28)(H2,20,29)(H2,21,30)(H,22,31). The maximum Gasteiger partial charge on any atom is 0.321 e. The van der Waals surface area contributed by atoms with E-state index >= 15 is 0 Å². The third kappa shape index (κ3) is 7.41. The summed E-state index contributed by atoms with van der Waals surface area (Å²) >= 11 is 0. The van der Waals surface area contributed by atoms with Gasteiger partial charge in [0.05, 0.1) is 4.92 Å². The summed E-state index contributed by atoms with van der Waals surface area (Å²) in [6.45, 7) is 0.563. The van der Waals surface area contributed by atoms with E-state index < -0.39 is 29.0 Å². The van der Waals surface area contributed by atoms with Gasteiger partial charge in [-0.25, -0.2) is 19.2 Å². The van der Waals surface area contributed by atoms with Gasteiger partial charge < -0.3 is 42.1 Å². The van der Waals surface area contributed by atoms with Crippen LogP contribution in [0, 0.1) is 10.1 Å². The Hall–Kier alpha value is -4.30. The Kier molecular flexibility index (Phi) is 8.59. The molecule has 0 atom stereocenters. The van der Waals surface area contributed by atoms with Crippen LogP contribution in [0.25, 0.3) is 0 Å². The van der Waals surface area contributed by atoms with Crippen molar-refractivity contribution >= 4 is 35.5 Å². The molecule has 1 heterocycles. The maximum atomic E-state index is 12.8. The number of rotatable bonds is 2. The summed E-state index contributed by atoms with van der Waals surface area (Å²) in [5.41, 5.74) is 16.4. The first-order valence-electron chi connectivity index (χ1n) is 10.0. The molecular formula is C18H27N9O6. The number of nitro benzene ring substituents is 1. The molecule has 1 aromatic rings. The minimum absolute atomic E-state index is 0.0604. The number of amides is 8. The SMILES string of the molecule is NC(=O)N1CCN(C(N)=O)CCN(C(=O)Nc2ccc([N+](=O)[O-])cc2)CCN(C(N)=O)CC1. The number of nitrogens with two attached hydrogens (primary N) is 3. The quantitative estimate of drug-likeness (QED) is 0.336. The van der Waals surface area contributed by atoms with Gasteiger partial charge in [0.1, 0.15) is 0 Å². The minimum Gasteiger partial charge on any atom is -0.351 e. The Morgan fingerprint density at radius 1 is 0.697 bits per heavy atom. The second-order valence-corrected chi connectivity index (χ2v) is 7.20.